The molecule has 0 amide bonds. The van der Waals surface area contributed by atoms with Crippen LogP contribution in [0, 0.1) is 5.82 Å². The van der Waals surface area contributed by atoms with Crippen LogP contribution in [-0.2, 0) is 16.6 Å². The molecule has 0 bridgehead atoms. The van der Waals surface area contributed by atoms with Gasteiger partial charge in [0.25, 0.3) is 0 Å². The molecule has 0 saturated carbocycles. The number of carbonyl (C=O) groups is 1. The highest BCUT2D eigenvalue weighted by Gasteiger charge is 2.11. The SMILES string of the molecule is CCCCS(=O)Cc1ccc(C(=O)O)c(F)c1. The van der Waals surface area contributed by atoms with Gasteiger partial charge in [-0.2, -0.15) is 0 Å². The Morgan fingerprint density at radius 1 is 1.47 bits per heavy atom. The lowest BCUT2D eigenvalue weighted by Crippen LogP contribution is -2.04. The summed E-state index contributed by atoms with van der Waals surface area (Å²) in [5.41, 5.74) is 0.218. The molecule has 0 saturated heterocycles. The zero-order valence-electron chi connectivity index (χ0n) is 9.61. The lowest BCUT2D eigenvalue weighted by Gasteiger charge is -2.03. The molecule has 5 heteroatoms. The molecule has 94 valence electrons. The molecule has 1 unspecified atom stereocenters. The summed E-state index contributed by atoms with van der Waals surface area (Å²) in [5, 5.41) is 8.65. The average Bonchev–Trinajstić information content (AvgIpc) is 2.26. The van der Waals surface area contributed by atoms with E-state index in [-0.39, 0.29) is 11.3 Å². The second-order valence-electron chi connectivity index (χ2n) is 3.76. The standard InChI is InChI=1S/C12H15FO3S/c1-2-3-6-17(16)8-9-4-5-10(12(14)15)11(13)7-9/h4-5,7H,2-3,6,8H2,1H3,(H,14,15). The molecular formula is C12H15FO3S. The van der Waals surface area contributed by atoms with E-state index in [9.17, 15) is 13.4 Å². The van der Waals surface area contributed by atoms with Gasteiger partial charge in [-0.1, -0.05) is 19.4 Å². The van der Waals surface area contributed by atoms with Crippen molar-refractivity contribution in [2.75, 3.05) is 5.75 Å². The fourth-order valence-corrected chi connectivity index (χ4v) is 2.69. The van der Waals surface area contributed by atoms with Crippen molar-refractivity contribution in [2.45, 2.75) is 25.5 Å². The molecule has 1 rings (SSSR count). The highest BCUT2D eigenvalue weighted by Crippen LogP contribution is 2.12. The van der Waals surface area contributed by atoms with E-state index in [1.807, 2.05) is 6.92 Å². The Kier molecular flexibility index (Phi) is 5.28. The molecule has 0 fully saturated rings. The number of carboxylic acids is 1. The Bertz CT molecular complexity index is 432. The maximum atomic E-state index is 13.3. The molecule has 1 atom stereocenters. The Morgan fingerprint density at radius 2 is 2.18 bits per heavy atom. The van der Waals surface area contributed by atoms with Crippen molar-refractivity contribution in [3.8, 4) is 0 Å². The van der Waals surface area contributed by atoms with Gasteiger partial charge in [-0.25, -0.2) is 9.18 Å². The molecule has 0 heterocycles. The molecule has 0 radical (unpaired) electrons. The van der Waals surface area contributed by atoms with Crippen molar-refractivity contribution in [1.82, 2.24) is 0 Å². The number of carboxylic acid groups (broad SMARTS) is 1. The van der Waals surface area contributed by atoms with Gasteiger partial charge in [0.15, 0.2) is 0 Å². The third-order valence-electron chi connectivity index (χ3n) is 2.32. The van der Waals surface area contributed by atoms with Crippen LogP contribution in [-0.4, -0.2) is 21.0 Å². The minimum atomic E-state index is -1.29. The van der Waals surface area contributed by atoms with Gasteiger partial charge in [-0.05, 0) is 24.1 Å². The summed E-state index contributed by atoms with van der Waals surface area (Å²) in [7, 11) is -1.01. The van der Waals surface area contributed by atoms with E-state index in [1.54, 1.807) is 0 Å². The van der Waals surface area contributed by atoms with Crippen LogP contribution in [0.4, 0.5) is 4.39 Å². The quantitative estimate of drug-likeness (QED) is 0.853. The number of benzene rings is 1. The zero-order chi connectivity index (χ0) is 12.8. The van der Waals surface area contributed by atoms with Crippen molar-refractivity contribution < 1.29 is 18.5 Å². The average molecular weight is 258 g/mol. The Labute approximate surface area is 102 Å². The predicted molar refractivity (Wildman–Crippen MR) is 65.0 cm³/mol. The maximum Gasteiger partial charge on any atom is 0.338 e. The molecule has 0 aliphatic heterocycles. The van der Waals surface area contributed by atoms with Crippen molar-refractivity contribution in [1.29, 1.82) is 0 Å². The smallest absolute Gasteiger partial charge is 0.338 e. The van der Waals surface area contributed by atoms with Crippen LogP contribution >= 0.6 is 0 Å². The Morgan fingerprint density at radius 3 is 2.71 bits per heavy atom. The highest BCUT2D eigenvalue weighted by molar-refractivity contribution is 7.84. The molecule has 0 aliphatic rings. The second-order valence-corrected chi connectivity index (χ2v) is 5.34. The number of aromatic carboxylic acids is 1. The summed E-state index contributed by atoms with van der Waals surface area (Å²) in [5.74, 6) is -1.20. The van der Waals surface area contributed by atoms with Crippen molar-refractivity contribution in [3.05, 3.63) is 35.1 Å². The first-order chi connectivity index (χ1) is 8.04. The summed E-state index contributed by atoms with van der Waals surface area (Å²) in [6.45, 7) is 2.01. The van der Waals surface area contributed by atoms with Gasteiger partial charge in [0.05, 0.1) is 5.56 Å². The van der Waals surface area contributed by atoms with Crippen LogP contribution < -0.4 is 0 Å². The number of unbranched alkanes of at least 4 members (excludes halogenated alkanes) is 1. The van der Waals surface area contributed by atoms with Crippen LogP contribution in [0.5, 0.6) is 0 Å². The number of rotatable bonds is 6. The van der Waals surface area contributed by atoms with Gasteiger partial charge in [0.1, 0.15) is 5.82 Å². The normalized spacial score (nSPS) is 12.4. The van der Waals surface area contributed by atoms with Crippen LogP contribution in [0.15, 0.2) is 18.2 Å². The highest BCUT2D eigenvalue weighted by atomic mass is 32.2. The van der Waals surface area contributed by atoms with E-state index in [2.05, 4.69) is 0 Å². The monoisotopic (exact) mass is 258 g/mol. The Balaban J connectivity index is 2.70. The van der Waals surface area contributed by atoms with Gasteiger partial charge < -0.3 is 5.11 Å². The lowest BCUT2D eigenvalue weighted by molar-refractivity contribution is 0.0692. The third kappa shape index (κ3) is 4.26. The summed E-state index contributed by atoms with van der Waals surface area (Å²) < 4.78 is 24.9. The van der Waals surface area contributed by atoms with E-state index in [0.717, 1.165) is 18.9 Å². The van der Waals surface area contributed by atoms with Gasteiger partial charge in [0, 0.05) is 22.3 Å². The summed E-state index contributed by atoms with van der Waals surface area (Å²) in [4.78, 5) is 10.6. The molecule has 0 spiro atoms. The van der Waals surface area contributed by atoms with Crippen LogP contribution in [0.1, 0.15) is 35.7 Å². The van der Waals surface area contributed by atoms with Crippen LogP contribution in [0.25, 0.3) is 0 Å². The fourth-order valence-electron chi connectivity index (χ4n) is 1.39. The molecule has 0 aliphatic carbocycles. The zero-order valence-corrected chi connectivity index (χ0v) is 10.4. The number of hydrogen-bond donors (Lipinski definition) is 1. The molecule has 17 heavy (non-hydrogen) atoms. The third-order valence-corrected chi connectivity index (χ3v) is 3.72. The van der Waals surface area contributed by atoms with Crippen molar-refractivity contribution in [3.63, 3.8) is 0 Å². The Hall–Kier alpha value is -1.23. The summed E-state index contributed by atoms with van der Waals surface area (Å²) >= 11 is 0. The van der Waals surface area contributed by atoms with E-state index in [1.165, 1.54) is 12.1 Å². The molecule has 3 nitrogen and oxygen atoms in total. The first-order valence-corrected chi connectivity index (χ1v) is 6.90. The predicted octanol–water partition coefficient (Wildman–Crippen LogP) is 2.57. The van der Waals surface area contributed by atoms with E-state index in [0.29, 0.717) is 11.3 Å². The van der Waals surface area contributed by atoms with Gasteiger partial charge >= 0.3 is 5.97 Å². The van der Waals surface area contributed by atoms with Crippen molar-refractivity contribution in [2.24, 2.45) is 0 Å². The van der Waals surface area contributed by atoms with Crippen molar-refractivity contribution >= 4 is 16.8 Å². The molecular weight excluding hydrogens is 243 g/mol. The minimum Gasteiger partial charge on any atom is -0.478 e. The topological polar surface area (TPSA) is 54.4 Å². The molecule has 1 N–H and O–H groups in total. The van der Waals surface area contributed by atoms with Gasteiger partial charge in [-0.15, -0.1) is 0 Å². The van der Waals surface area contributed by atoms with E-state index < -0.39 is 22.6 Å². The van der Waals surface area contributed by atoms with E-state index >= 15 is 0 Å². The largest absolute Gasteiger partial charge is 0.478 e. The van der Waals surface area contributed by atoms with Gasteiger partial charge in [0.2, 0.25) is 0 Å². The number of hydrogen-bond acceptors (Lipinski definition) is 2. The van der Waals surface area contributed by atoms with Crippen LogP contribution in [0.2, 0.25) is 0 Å². The molecule has 1 aromatic rings. The minimum absolute atomic E-state index is 0.275. The second kappa shape index (κ2) is 6.49. The summed E-state index contributed by atoms with van der Waals surface area (Å²) in [6, 6.07) is 3.87. The maximum absolute atomic E-state index is 13.3. The number of halogens is 1. The lowest BCUT2D eigenvalue weighted by atomic mass is 10.1. The van der Waals surface area contributed by atoms with E-state index in [4.69, 9.17) is 5.11 Å². The first kappa shape index (κ1) is 13.8. The summed E-state index contributed by atoms with van der Waals surface area (Å²) in [6.07, 6.45) is 1.85. The fraction of sp³-hybridized carbons (Fsp3) is 0.417. The molecule has 0 aromatic heterocycles. The van der Waals surface area contributed by atoms with Crippen LogP contribution in [0.3, 0.4) is 0 Å². The molecule has 1 aromatic carbocycles. The van der Waals surface area contributed by atoms with Gasteiger partial charge in [-0.3, -0.25) is 4.21 Å². The first-order valence-electron chi connectivity index (χ1n) is 5.41.